The summed E-state index contributed by atoms with van der Waals surface area (Å²) < 4.78 is 1.75. The lowest BCUT2D eigenvalue weighted by molar-refractivity contribution is 0.849. The number of nitrogen functional groups attached to an aromatic ring is 1. The molecule has 0 aromatic carbocycles. The second kappa shape index (κ2) is 4.00. The van der Waals surface area contributed by atoms with Gasteiger partial charge < -0.3 is 10.6 Å². The first-order valence-electron chi connectivity index (χ1n) is 5.53. The Morgan fingerprint density at radius 3 is 2.69 bits per heavy atom. The van der Waals surface area contributed by atoms with E-state index >= 15 is 0 Å². The average Bonchev–Trinajstić information content (AvgIpc) is 2.61. The fourth-order valence-corrected chi connectivity index (χ4v) is 1.91. The lowest BCUT2D eigenvalue weighted by Crippen LogP contribution is -2.22. The number of hydrogen-bond donors (Lipinski definition) is 1. The zero-order valence-electron chi connectivity index (χ0n) is 9.94. The zero-order valence-corrected chi connectivity index (χ0v) is 9.94. The third-order valence-corrected chi connectivity index (χ3v) is 2.75. The van der Waals surface area contributed by atoms with Gasteiger partial charge in [-0.15, -0.1) is 5.10 Å². The molecule has 0 aliphatic rings. The van der Waals surface area contributed by atoms with Crippen LogP contribution in [0.2, 0.25) is 0 Å². The molecule has 0 aliphatic heterocycles. The van der Waals surface area contributed by atoms with Gasteiger partial charge in [-0.3, -0.25) is 0 Å². The number of aryl methyl sites for hydroxylation is 1. The first-order valence-corrected chi connectivity index (χ1v) is 5.53. The summed E-state index contributed by atoms with van der Waals surface area (Å²) in [6.45, 7) is 8.26. The number of anilines is 2. The zero-order chi connectivity index (χ0) is 11.7. The number of pyridine rings is 1. The summed E-state index contributed by atoms with van der Waals surface area (Å²) in [6, 6.07) is 2.12. The van der Waals surface area contributed by atoms with E-state index in [0.717, 1.165) is 30.0 Å². The van der Waals surface area contributed by atoms with Crippen LogP contribution in [0.25, 0.3) is 5.65 Å². The van der Waals surface area contributed by atoms with Gasteiger partial charge in [-0.05, 0) is 32.4 Å². The van der Waals surface area contributed by atoms with E-state index in [1.165, 1.54) is 0 Å². The molecule has 5 heteroatoms. The van der Waals surface area contributed by atoms with Crippen LogP contribution in [0.5, 0.6) is 0 Å². The van der Waals surface area contributed by atoms with E-state index in [1.807, 2.05) is 13.1 Å². The summed E-state index contributed by atoms with van der Waals surface area (Å²) in [5, 5.41) is 4.14. The molecule has 0 amide bonds. The van der Waals surface area contributed by atoms with Crippen LogP contribution in [-0.2, 0) is 0 Å². The maximum atomic E-state index is 5.59. The topological polar surface area (TPSA) is 59.5 Å². The maximum Gasteiger partial charge on any atom is 0.240 e. The predicted octanol–water partition coefficient (Wildman–Crippen LogP) is 1.47. The van der Waals surface area contributed by atoms with E-state index < -0.39 is 0 Å². The fraction of sp³-hybridized carbons (Fsp3) is 0.455. The molecule has 0 saturated carbocycles. The molecule has 5 nitrogen and oxygen atoms in total. The molecule has 0 spiro atoms. The van der Waals surface area contributed by atoms with Gasteiger partial charge in [0.05, 0.1) is 11.9 Å². The van der Waals surface area contributed by atoms with Crippen molar-refractivity contribution in [3.05, 3.63) is 17.8 Å². The van der Waals surface area contributed by atoms with Gasteiger partial charge in [0.25, 0.3) is 0 Å². The Morgan fingerprint density at radius 2 is 2.06 bits per heavy atom. The third-order valence-electron chi connectivity index (χ3n) is 2.75. The molecule has 2 heterocycles. The molecule has 0 atom stereocenters. The van der Waals surface area contributed by atoms with E-state index in [-0.39, 0.29) is 0 Å². The van der Waals surface area contributed by atoms with Crippen molar-refractivity contribution in [2.24, 2.45) is 0 Å². The molecular formula is C11H17N5. The molecule has 2 aromatic rings. The van der Waals surface area contributed by atoms with Crippen LogP contribution in [0.15, 0.2) is 12.3 Å². The van der Waals surface area contributed by atoms with Gasteiger partial charge in [0.1, 0.15) is 0 Å². The molecule has 0 radical (unpaired) electrons. The van der Waals surface area contributed by atoms with E-state index in [4.69, 9.17) is 5.73 Å². The van der Waals surface area contributed by atoms with Gasteiger partial charge in [0, 0.05) is 13.1 Å². The minimum atomic E-state index is 0.319. The number of aromatic nitrogens is 3. The highest BCUT2D eigenvalue weighted by Gasteiger charge is 2.08. The van der Waals surface area contributed by atoms with Crippen LogP contribution in [0.3, 0.4) is 0 Å². The van der Waals surface area contributed by atoms with Gasteiger partial charge in [-0.1, -0.05) is 0 Å². The van der Waals surface area contributed by atoms with Crippen molar-refractivity contribution in [3.63, 3.8) is 0 Å². The van der Waals surface area contributed by atoms with Crippen molar-refractivity contribution < 1.29 is 0 Å². The summed E-state index contributed by atoms with van der Waals surface area (Å²) in [4.78, 5) is 6.44. The molecule has 2 aromatic heterocycles. The minimum absolute atomic E-state index is 0.319. The van der Waals surface area contributed by atoms with Crippen LogP contribution in [0, 0.1) is 6.92 Å². The number of nitrogens with two attached hydrogens (primary N) is 1. The van der Waals surface area contributed by atoms with Gasteiger partial charge >= 0.3 is 0 Å². The molecule has 0 saturated heterocycles. The summed E-state index contributed by atoms with van der Waals surface area (Å²) in [5.74, 6) is 0.319. The second-order valence-corrected chi connectivity index (χ2v) is 3.79. The van der Waals surface area contributed by atoms with Crippen molar-refractivity contribution in [3.8, 4) is 0 Å². The predicted molar refractivity (Wildman–Crippen MR) is 65.7 cm³/mol. The summed E-state index contributed by atoms with van der Waals surface area (Å²) in [6.07, 6.45) is 1.97. The van der Waals surface area contributed by atoms with E-state index in [0.29, 0.717) is 5.95 Å². The normalized spacial score (nSPS) is 10.9. The maximum absolute atomic E-state index is 5.59. The van der Waals surface area contributed by atoms with E-state index in [1.54, 1.807) is 4.52 Å². The quantitative estimate of drug-likeness (QED) is 0.849. The van der Waals surface area contributed by atoms with Crippen molar-refractivity contribution in [1.29, 1.82) is 0 Å². The first kappa shape index (κ1) is 10.7. The van der Waals surface area contributed by atoms with E-state index in [9.17, 15) is 0 Å². The Kier molecular flexibility index (Phi) is 2.68. The van der Waals surface area contributed by atoms with Crippen LogP contribution in [0.4, 0.5) is 11.6 Å². The second-order valence-electron chi connectivity index (χ2n) is 3.79. The monoisotopic (exact) mass is 219 g/mol. The Hall–Kier alpha value is -1.78. The average molecular weight is 219 g/mol. The molecule has 0 fully saturated rings. The van der Waals surface area contributed by atoms with Crippen LogP contribution in [-0.4, -0.2) is 27.7 Å². The van der Waals surface area contributed by atoms with E-state index in [2.05, 4.69) is 34.9 Å². The molecule has 0 aliphatic carbocycles. The van der Waals surface area contributed by atoms with Crippen LogP contribution in [0.1, 0.15) is 19.4 Å². The van der Waals surface area contributed by atoms with Gasteiger partial charge in [0.2, 0.25) is 5.95 Å². The number of rotatable bonds is 3. The Labute approximate surface area is 94.9 Å². The smallest absolute Gasteiger partial charge is 0.240 e. The summed E-state index contributed by atoms with van der Waals surface area (Å²) in [7, 11) is 0. The molecule has 2 N–H and O–H groups in total. The van der Waals surface area contributed by atoms with Crippen molar-refractivity contribution >= 4 is 17.3 Å². The van der Waals surface area contributed by atoms with Crippen molar-refractivity contribution in [1.82, 2.24) is 14.6 Å². The highest BCUT2D eigenvalue weighted by molar-refractivity contribution is 5.58. The lowest BCUT2D eigenvalue weighted by Gasteiger charge is -2.21. The molecule has 2 rings (SSSR count). The Balaban J connectivity index is 2.56. The highest BCUT2D eigenvalue weighted by Crippen LogP contribution is 2.19. The fourth-order valence-electron chi connectivity index (χ4n) is 1.91. The first-order chi connectivity index (χ1) is 7.65. The lowest BCUT2D eigenvalue weighted by atomic mass is 10.2. The van der Waals surface area contributed by atoms with Gasteiger partial charge in [0.15, 0.2) is 5.65 Å². The number of hydrogen-bond acceptors (Lipinski definition) is 4. The third kappa shape index (κ3) is 1.68. The van der Waals surface area contributed by atoms with Crippen LogP contribution >= 0.6 is 0 Å². The number of nitrogens with zero attached hydrogens (tertiary/aromatic N) is 4. The number of fused-ring (bicyclic) bond motifs is 1. The van der Waals surface area contributed by atoms with Gasteiger partial charge in [-0.25, -0.2) is 4.52 Å². The molecular weight excluding hydrogens is 202 g/mol. The molecule has 86 valence electrons. The highest BCUT2D eigenvalue weighted by atomic mass is 15.3. The minimum Gasteiger partial charge on any atom is -0.371 e. The molecule has 0 bridgehead atoms. The Bertz CT molecular complexity index is 498. The van der Waals surface area contributed by atoms with Crippen LogP contribution < -0.4 is 10.6 Å². The summed E-state index contributed by atoms with van der Waals surface area (Å²) in [5.41, 5.74) is 8.67. The Morgan fingerprint density at radius 1 is 1.38 bits per heavy atom. The van der Waals surface area contributed by atoms with Crippen molar-refractivity contribution in [2.75, 3.05) is 23.7 Å². The molecule has 16 heavy (non-hydrogen) atoms. The SMILES string of the molecule is CCN(CC)c1cc(C)c2nc(N)nn2c1. The van der Waals surface area contributed by atoms with Crippen molar-refractivity contribution in [2.45, 2.75) is 20.8 Å². The van der Waals surface area contributed by atoms with Gasteiger partial charge in [-0.2, -0.15) is 4.98 Å². The largest absolute Gasteiger partial charge is 0.371 e. The summed E-state index contributed by atoms with van der Waals surface area (Å²) >= 11 is 0. The standard InChI is InChI=1S/C11H17N5/c1-4-15(5-2)9-6-8(3)10-13-11(12)14-16(10)7-9/h6-7H,4-5H2,1-3H3,(H2,12,14). The molecule has 0 unspecified atom stereocenters.